The number of pyridine rings is 1. The third-order valence-electron chi connectivity index (χ3n) is 4.00. The zero-order chi connectivity index (χ0) is 18.1. The summed E-state index contributed by atoms with van der Waals surface area (Å²) in [6, 6.07) is 7.46. The lowest BCUT2D eigenvalue weighted by molar-refractivity contribution is 0.0424. The van der Waals surface area contributed by atoms with Crippen molar-refractivity contribution in [1.82, 2.24) is 15.0 Å². The van der Waals surface area contributed by atoms with E-state index < -0.39 is 5.92 Å². The average Bonchev–Trinajstić information content (AvgIpc) is 2.68. The molecule has 132 valence electrons. The van der Waals surface area contributed by atoms with Crippen LogP contribution in [0.4, 0.5) is 20.3 Å². The number of methoxy groups -OCH3 is 1. The molecule has 1 aromatic carbocycles. The van der Waals surface area contributed by atoms with E-state index >= 15 is 0 Å². The van der Waals surface area contributed by atoms with Crippen LogP contribution in [-0.4, -0.2) is 28.8 Å². The fourth-order valence-electron chi connectivity index (χ4n) is 2.78. The number of ether oxygens (including phenoxy) is 1. The molecule has 26 heavy (non-hydrogen) atoms. The first-order chi connectivity index (χ1) is 12.6. The Bertz CT molecular complexity index is 939. The number of aromatic nitrogens is 3. The van der Waals surface area contributed by atoms with Gasteiger partial charge in [-0.25, -0.2) is 9.97 Å². The van der Waals surface area contributed by atoms with Gasteiger partial charge in [0.1, 0.15) is 11.8 Å². The lowest BCUT2D eigenvalue weighted by Crippen LogP contribution is -2.25. The van der Waals surface area contributed by atoms with Gasteiger partial charge in [0.25, 0.3) is 5.92 Å². The lowest BCUT2D eigenvalue weighted by Gasteiger charge is -2.31. The van der Waals surface area contributed by atoms with E-state index in [1.165, 1.54) is 48.4 Å². The van der Waals surface area contributed by atoms with E-state index in [0.717, 1.165) is 4.90 Å². The third kappa shape index (κ3) is 2.81. The molecule has 3 heterocycles. The van der Waals surface area contributed by atoms with Crippen LogP contribution in [0.3, 0.4) is 0 Å². The van der Waals surface area contributed by atoms with Crippen LogP contribution in [0.5, 0.6) is 0 Å². The van der Waals surface area contributed by atoms with Gasteiger partial charge in [0.2, 0.25) is 0 Å². The number of nitrogens with zero attached hydrogens (tertiary/aromatic N) is 4. The number of rotatable bonds is 4. The number of halogens is 2. The second-order valence-electron chi connectivity index (χ2n) is 5.63. The molecule has 0 bridgehead atoms. The Balaban J connectivity index is 1.81. The Morgan fingerprint density at radius 1 is 1.12 bits per heavy atom. The van der Waals surface area contributed by atoms with Gasteiger partial charge in [0, 0.05) is 47.9 Å². The van der Waals surface area contributed by atoms with Crippen LogP contribution in [0.1, 0.15) is 11.1 Å². The molecule has 1 aliphatic rings. The van der Waals surface area contributed by atoms with Crippen LogP contribution < -0.4 is 4.90 Å². The number of benzene rings is 1. The summed E-state index contributed by atoms with van der Waals surface area (Å²) in [5, 5.41) is 0.712. The minimum atomic E-state index is -3.16. The van der Waals surface area contributed by atoms with Gasteiger partial charge in [-0.3, -0.25) is 9.88 Å². The van der Waals surface area contributed by atoms with Gasteiger partial charge in [0.15, 0.2) is 5.82 Å². The summed E-state index contributed by atoms with van der Waals surface area (Å²) in [5.74, 6) is -2.57. The maximum absolute atomic E-state index is 14.9. The topological polar surface area (TPSA) is 51.1 Å². The summed E-state index contributed by atoms with van der Waals surface area (Å²) in [7, 11) is 1.55. The molecule has 0 spiro atoms. The second-order valence-corrected chi connectivity index (χ2v) is 6.66. The number of alkyl halides is 2. The van der Waals surface area contributed by atoms with Gasteiger partial charge >= 0.3 is 0 Å². The molecular formula is C18H14F2N4OS. The van der Waals surface area contributed by atoms with Crippen LogP contribution in [0.15, 0.2) is 65.0 Å². The molecular weight excluding hydrogens is 358 g/mol. The van der Waals surface area contributed by atoms with Crippen LogP contribution in [0.25, 0.3) is 0 Å². The van der Waals surface area contributed by atoms with Crippen LogP contribution in [-0.2, 0) is 10.7 Å². The highest BCUT2D eigenvalue weighted by molar-refractivity contribution is 7.99. The molecule has 4 rings (SSSR count). The molecule has 0 saturated heterocycles. The molecule has 3 aromatic rings. The van der Waals surface area contributed by atoms with Crippen molar-refractivity contribution in [1.29, 1.82) is 0 Å². The summed E-state index contributed by atoms with van der Waals surface area (Å²) in [4.78, 5) is 15.0. The standard InChI is InChI=1S/C18H14F2N4OS/c1-25-11-24-14-9-12(18(19,20)13-3-2-6-21-10-13)4-5-15(14)26-17-16(24)22-7-8-23-17/h2-10H,11H2,1H3. The van der Waals surface area contributed by atoms with Crippen molar-refractivity contribution in [3.63, 3.8) is 0 Å². The number of hydrogen-bond acceptors (Lipinski definition) is 6. The fourth-order valence-corrected chi connectivity index (χ4v) is 3.76. The van der Waals surface area contributed by atoms with Gasteiger partial charge in [-0.2, -0.15) is 8.78 Å². The van der Waals surface area contributed by atoms with Crippen LogP contribution >= 0.6 is 11.8 Å². The van der Waals surface area contributed by atoms with E-state index in [2.05, 4.69) is 15.0 Å². The van der Waals surface area contributed by atoms with Crippen molar-refractivity contribution in [2.45, 2.75) is 15.8 Å². The normalized spacial score (nSPS) is 13.3. The molecule has 5 nitrogen and oxygen atoms in total. The van der Waals surface area contributed by atoms with Gasteiger partial charge in [-0.05, 0) is 24.3 Å². The van der Waals surface area contributed by atoms with Gasteiger partial charge in [-0.15, -0.1) is 0 Å². The van der Waals surface area contributed by atoms with Crippen LogP contribution in [0, 0.1) is 0 Å². The highest BCUT2D eigenvalue weighted by Crippen LogP contribution is 2.48. The van der Waals surface area contributed by atoms with E-state index in [1.54, 1.807) is 30.5 Å². The number of fused-ring (bicyclic) bond motifs is 2. The van der Waals surface area contributed by atoms with E-state index in [4.69, 9.17) is 4.74 Å². The quantitative estimate of drug-likeness (QED) is 0.684. The fraction of sp³-hybridized carbons (Fsp3) is 0.167. The Kier molecular flexibility index (Phi) is 4.29. The maximum atomic E-state index is 14.9. The zero-order valence-electron chi connectivity index (χ0n) is 13.8. The summed E-state index contributed by atoms with van der Waals surface area (Å²) >= 11 is 1.40. The van der Waals surface area contributed by atoms with Crippen molar-refractivity contribution in [3.8, 4) is 0 Å². The summed E-state index contributed by atoms with van der Waals surface area (Å²) in [6.45, 7) is 0.182. The van der Waals surface area contributed by atoms with Crippen molar-refractivity contribution in [3.05, 3.63) is 66.2 Å². The SMILES string of the molecule is COCN1c2cc(C(F)(F)c3cccnc3)ccc2Sc2nccnc21. The molecule has 0 aliphatic carbocycles. The molecule has 0 N–H and O–H groups in total. The lowest BCUT2D eigenvalue weighted by atomic mass is 10.0. The van der Waals surface area contributed by atoms with Gasteiger partial charge in [0.05, 0.1) is 5.69 Å². The van der Waals surface area contributed by atoms with Gasteiger partial charge < -0.3 is 4.74 Å². The number of hydrogen-bond donors (Lipinski definition) is 0. The molecule has 0 unspecified atom stereocenters. The van der Waals surface area contributed by atoms with Crippen molar-refractivity contribution in [2.75, 3.05) is 18.7 Å². The molecule has 0 radical (unpaired) electrons. The van der Waals surface area contributed by atoms with Crippen molar-refractivity contribution in [2.24, 2.45) is 0 Å². The Labute approximate surface area is 153 Å². The second kappa shape index (κ2) is 6.62. The number of anilines is 2. The third-order valence-corrected chi connectivity index (χ3v) is 5.05. The predicted molar refractivity (Wildman–Crippen MR) is 93.8 cm³/mol. The first kappa shape index (κ1) is 16.9. The molecule has 0 amide bonds. The molecule has 1 aliphatic heterocycles. The van der Waals surface area contributed by atoms with E-state index in [0.29, 0.717) is 16.5 Å². The first-order valence-electron chi connectivity index (χ1n) is 7.79. The van der Waals surface area contributed by atoms with Gasteiger partial charge in [-0.1, -0.05) is 17.8 Å². The molecule has 2 aromatic heterocycles. The minimum absolute atomic E-state index is 0.113. The van der Waals surface area contributed by atoms with Crippen molar-refractivity contribution >= 4 is 23.3 Å². The average molecular weight is 372 g/mol. The zero-order valence-corrected chi connectivity index (χ0v) is 14.6. The van der Waals surface area contributed by atoms with Crippen molar-refractivity contribution < 1.29 is 13.5 Å². The van der Waals surface area contributed by atoms with Crippen LogP contribution in [0.2, 0.25) is 0 Å². The highest BCUT2D eigenvalue weighted by atomic mass is 32.2. The predicted octanol–water partition coefficient (Wildman–Crippen LogP) is 4.22. The maximum Gasteiger partial charge on any atom is 0.300 e. The first-order valence-corrected chi connectivity index (χ1v) is 8.61. The molecule has 0 saturated carbocycles. The summed E-state index contributed by atoms with van der Waals surface area (Å²) in [5.41, 5.74) is 0.353. The molecule has 8 heteroatoms. The van der Waals surface area contributed by atoms with E-state index in [-0.39, 0.29) is 17.9 Å². The van der Waals surface area contributed by atoms with E-state index in [9.17, 15) is 8.78 Å². The smallest absolute Gasteiger partial charge is 0.300 e. The summed E-state index contributed by atoms with van der Waals surface area (Å²) < 4.78 is 35.1. The van der Waals surface area contributed by atoms with E-state index in [1.807, 2.05) is 0 Å². The summed E-state index contributed by atoms with van der Waals surface area (Å²) in [6.07, 6.45) is 5.83. The largest absolute Gasteiger partial charge is 0.364 e. The Morgan fingerprint density at radius 2 is 1.96 bits per heavy atom. The molecule has 0 atom stereocenters. The Morgan fingerprint density at radius 3 is 2.73 bits per heavy atom. The monoisotopic (exact) mass is 372 g/mol. The molecule has 0 fully saturated rings. The Hall–Kier alpha value is -2.58. The minimum Gasteiger partial charge on any atom is -0.364 e. The highest BCUT2D eigenvalue weighted by Gasteiger charge is 2.36.